The van der Waals surface area contributed by atoms with Crippen molar-refractivity contribution in [3.8, 4) is 34.1 Å². The van der Waals surface area contributed by atoms with Crippen LogP contribution in [-0.2, 0) is 0 Å². The number of rotatable bonds is 3. The zero-order chi connectivity index (χ0) is 19.4. The van der Waals surface area contributed by atoms with Crippen molar-refractivity contribution in [3.63, 3.8) is 0 Å². The molecule has 0 saturated carbocycles. The molecule has 3 aromatic carbocycles. The molecule has 0 aromatic heterocycles. The zero-order valence-electron chi connectivity index (χ0n) is 15.1. The SMILES string of the molecule is COc1ccc(-c2c3c(cc4cc5c(cc24)OCO5)C(=O)NC3=O)cc1OC. The standard InChI is InChI=1S/C21H15NO6/c1-25-14-4-3-10(6-15(14)26-2)18-12-8-17-16(27-9-28-17)7-11(12)5-13-19(18)21(24)22-20(13)23/h3-8H,9H2,1-2H3,(H,22,23,24). The molecule has 0 radical (unpaired) electrons. The predicted molar refractivity (Wildman–Crippen MR) is 100 cm³/mol. The fraction of sp³-hybridized carbons (Fsp3) is 0.143. The van der Waals surface area contributed by atoms with Gasteiger partial charge < -0.3 is 18.9 Å². The topological polar surface area (TPSA) is 83.1 Å². The molecule has 2 aliphatic rings. The van der Waals surface area contributed by atoms with Gasteiger partial charge in [-0.05, 0) is 46.7 Å². The fourth-order valence-electron chi connectivity index (χ4n) is 3.73. The van der Waals surface area contributed by atoms with Crippen LogP contribution in [-0.4, -0.2) is 32.8 Å². The lowest BCUT2D eigenvalue weighted by molar-refractivity contribution is 0.0880. The molecule has 0 saturated heterocycles. The molecule has 0 atom stereocenters. The smallest absolute Gasteiger partial charge is 0.259 e. The summed E-state index contributed by atoms with van der Waals surface area (Å²) in [6, 6.07) is 10.7. The van der Waals surface area contributed by atoms with E-state index in [4.69, 9.17) is 18.9 Å². The molecule has 0 bridgehead atoms. The van der Waals surface area contributed by atoms with Crippen molar-refractivity contribution in [1.29, 1.82) is 0 Å². The van der Waals surface area contributed by atoms with Gasteiger partial charge in [-0.25, -0.2) is 0 Å². The van der Waals surface area contributed by atoms with Gasteiger partial charge >= 0.3 is 0 Å². The first-order chi connectivity index (χ1) is 13.6. The van der Waals surface area contributed by atoms with Crippen molar-refractivity contribution in [1.82, 2.24) is 5.32 Å². The number of fused-ring (bicyclic) bond motifs is 3. The zero-order valence-corrected chi connectivity index (χ0v) is 15.1. The maximum absolute atomic E-state index is 12.6. The fourth-order valence-corrected chi connectivity index (χ4v) is 3.73. The highest BCUT2D eigenvalue weighted by atomic mass is 16.7. The molecule has 2 heterocycles. The van der Waals surface area contributed by atoms with Gasteiger partial charge in [-0.1, -0.05) is 6.07 Å². The molecule has 0 spiro atoms. The summed E-state index contributed by atoms with van der Waals surface area (Å²) in [5, 5.41) is 3.93. The van der Waals surface area contributed by atoms with Gasteiger partial charge in [0.2, 0.25) is 6.79 Å². The van der Waals surface area contributed by atoms with Crippen LogP contribution in [0.1, 0.15) is 20.7 Å². The van der Waals surface area contributed by atoms with Crippen molar-refractivity contribution in [2.75, 3.05) is 21.0 Å². The van der Waals surface area contributed by atoms with Gasteiger partial charge in [0.15, 0.2) is 23.0 Å². The average molecular weight is 377 g/mol. The summed E-state index contributed by atoms with van der Waals surface area (Å²) < 4.78 is 21.7. The summed E-state index contributed by atoms with van der Waals surface area (Å²) in [4.78, 5) is 24.9. The van der Waals surface area contributed by atoms with Crippen molar-refractivity contribution in [3.05, 3.63) is 47.5 Å². The third kappa shape index (κ3) is 2.22. The Labute approximate surface area is 159 Å². The minimum Gasteiger partial charge on any atom is -0.493 e. The monoisotopic (exact) mass is 377 g/mol. The molecular weight excluding hydrogens is 362 g/mol. The van der Waals surface area contributed by atoms with E-state index < -0.39 is 11.8 Å². The molecule has 28 heavy (non-hydrogen) atoms. The number of hydrogen-bond donors (Lipinski definition) is 1. The number of amides is 2. The van der Waals surface area contributed by atoms with Crippen molar-refractivity contribution >= 4 is 22.6 Å². The Morgan fingerprint density at radius 1 is 0.857 bits per heavy atom. The average Bonchev–Trinajstić information content (AvgIpc) is 3.27. The number of ether oxygens (including phenoxy) is 4. The molecule has 7 nitrogen and oxygen atoms in total. The molecule has 0 aliphatic carbocycles. The number of benzene rings is 3. The molecule has 1 N–H and O–H groups in total. The van der Waals surface area contributed by atoms with Gasteiger partial charge in [0.1, 0.15) is 0 Å². The predicted octanol–water partition coefficient (Wildman–Crippen LogP) is 3.14. The lowest BCUT2D eigenvalue weighted by Gasteiger charge is -2.14. The highest BCUT2D eigenvalue weighted by Gasteiger charge is 2.32. The van der Waals surface area contributed by atoms with Gasteiger partial charge in [0, 0.05) is 5.56 Å². The van der Waals surface area contributed by atoms with E-state index in [0.29, 0.717) is 39.7 Å². The van der Waals surface area contributed by atoms with E-state index in [2.05, 4.69) is 5.32 Å². The van der Waals surface area contributed by atoms with E-state index in [1.54, 1.807) is 32.4 Å². The van der Waals surface area contributed by atoms with E-state index in [1.165, 1.54) is 0 Å². The number of imide groups is 1. The summed E-state index contributed by atoms with van der Waals surface area (Å²) in [5.41, 5.74) is 2.03. The Morgan fingerprint density at radius 2 is 1.61 bits per heavy atom. The number of carbonyl (C=O) groups is 2. The highest BCUT2D eigenvalue weighted by molar-refractivity contribution is 6.27. The van der Waals surface area contributed by atoms with E-state index >= 15 is 0 Å². The minimum atomic E-state index is -0.427. The molecule has 3 aromatic rings. The maximum Gasteiger partial charge on any atom is 0.259 e. The van der Waals surface area contributed by atoms with Gasteiger partial charge in [0.05, 0.1) is 25.3 Å². The van der Waals surface area contributed by atoms with Crippen molar-refractivity contribution in [2.45, 2.75) is 0 Å². The van der Waals surface area contributed by atoms with Gasteiger partial charge in [-0.3, -0.25) is 14.9 Å². The van der Waals surface area contributed by atoms with Crippen molar-refractivity contribution < 1.29 is 28.5 Å². The summed E-state index contributed by atoms with van der Waals surface area (Å²) in [6.45, 7) is 0.135. The number of hydrogen-bond acceptors (Lipinski definition) is 6. The molecule has 7 heteroatoms. The van der Waals surface area contributed by atoms with Crippen LogP contribution >= 0.6 is 0 Å². The molecule has 140 valence electrons. The number of nitrogens with one attached hydrogen (secondary N) is 1. The Kier molecular flexibility index (Phi) is 3.45. The normalized spacial score (nSPS) is 14.2. The van der Waals surface area contributed by atoms with E-state index in [0.717, 1.165) is 16.3 Å². The van der Waals surface area contributed by atoms with Crippen LogP contribution in [0.5, 0.6) is 23.0 Å². The summed E-state index contributed by atoms with van der Waals surface area (Å²) >= 11 is 0. The number of carbonyl (C=O) groups excluding carboxylic acids is 2. The Balaban J connectivity index is 1.88. The summed E-state index contributed by atoms with van der Waals surface area (Å²) in [7, 11) is 3.10. The van der Waals surface area contributed by atoms with E-state index in [-0.39, 0.29) is 6.79 Å². The molecule has 2 amide bonds. The second kappa shape index (κ2) is 5.88. The van der Waals surface area contributed by atoms with Crippen LogP contribution in [0.2, 0.25) is 0 Å². The van der Waals surface area contributed by atoms with Gasteiger partial charge in [-0.2, -0.15) is 0 Å². The number of methoxy groups -OCH3 is 2. The molecule has 2 aliphatic heterocycles. The van der Waals surface area contributed by atoms with Crippen LogP contribution < -0.4 is 24.3 Å². The first-order valence-corrected chi connectivity index (χ1v) is 8.59. The Hall–Kier alpha value is -3.74. The van der Waals surface area contributed by atoms with Crippen LogP contribution in [0.3, 0.4) is 0 Å². The van der Waals surface area contributed by atoms with Crippen molar-refractivity contribution in [2.24, 2.45) is 0 Å². The third-order valence-electron chi connectivity index (χ3n) is 5.00. The second-order valence-corrected chi connectivity index (χ2v) is 6.45. The van der Waals surface area contributed by atoms with Crippen LogP contribution in [0.4, 0.5) is 0 Å². The highest BCUT2D eigenvalue weighted by Crippen LogP contribution is 2.44. The first kappa shape index (κ1) is 16.4. The van der Waals surface area contributed by atoms with Crippen LogP contribution in [0.15, 0.2) is 36.4 Å². The molecule has 0 fully saturated rings. The van der Waals surface area contributed by atoms with E-state index in [1.807, 2.05) is 18.2 Å². The van der Waals surface area contributed by atoms with Crippen LogP contribution in [0, 0.1) is 0 Å². The second-order valence-electron chi connectivity index (χ2n) is 6.45. The Morgan fingerprint density at radius 3 is 2.36 bits per heavy atom. The summed E-state index contributed by atoms with van der Waals surface area (Å²) in [6.07, 6.45) is 0. The van der Waals surface area contributed by atoms with Gasteiger partial charge in [-0.15, -0.1) is 0 Å². The van der Waals surface area contributed by atoms with Crippen LogP contribution in [0.25, 0.3) is 21.9 Å². The quantitative estimate of drug-likeness (QED) is 0.706. The minimum absolute atomic E-state index is 0.135. The molecular formula is C21H15NO6. The summed E-state index contributed by atoms with van der Waals surface area (Å²) in [5.74, 6) is 1.46. The Bertz CT molecular complexity index is 1180. The third-order valence-corrected chi connectivity index (χ3v) is 5.00. The first-order valence-electron chi connectivity index (χ1n) is 8.59. The lowest BCUT2D eigenvalue weighted by Crippen LogP contribution is -2.20. The molecule has 5 rings (SSSR count). The maximum atomic E-state index is 12.6. The largest absolute Gasteiger partial charge is 0.493 e. The van der Waals surface area contributed by atoms with E-state index in [9.17, 15) is 9.59 Å². The lowest BCUT2D eigenvalue weighted by atomic mass is 9.90. The molecule has 0 unspecified atom stereocenters. The van der Waals surface area contributed by atoms with Gasteiger partial charge in [0.25, 0.3) is 11.8 Å².